The van der Waals surface area contributed by atoms with Gasteiger partial charge in [0.1, 0.15) is 12.1 Å². The maximum absolute atomic E-state index is 13.1. The van der Waals surface area contributed by atoms with Gasteiger partial charge in [-0.05, 0) is 61.3 Å². The van der Waals surface area contributed by atoms with Crippen molar-refractivity contribution in [3.63, 3.8) is 0 Å². The molecule has 1 atom stereocenters. The number of aryl methyl sites for hydroxylation is 3. The van der Waals surface area contributed by atoms with E-state index in [0.717, 1.165) is 42.6 Å². The van der Waals surface area contributed by atoms with Gasteiger partial charge in [-0.1, -0.05) is 48.5 Å². The highest BCUT2D eigenvalue weighted by atomic mass is 16.2. The minimum Gasteiger partial charge on any atom is -0.355 e. The largest absolute Gasteiger partial charge is 0.355 e. The van der Waals surface area contributed by atoms with Crippen molar-refractivity contribution in [2.75, 3.05) is 13.1 Å². The quantitative estimate of drug-likeness (QED) is 0.549. The smallest absolute Gasteiger partial charge is 0.325 e. The van der Waals surface area contributed by atoms with E-state index in [-0.39, 0.29) is 18.4 Å². The molecule has 1 unspecified atom stereocenters. The minimum absolute atomic E-state index is 0.267. The van der Waals surface area contributed by atoms with Gasteiger partial charge in [-0.25, -0.2) is 4.79 Å². The zero-order valence-electron chi connectivity index (χ0n) is 17.2. The summed E-state index contributed by atoms with van der Waals surface area (Å²) in [6, 6.07) is 15.5. The third-order valence-electron chi connectivity index (χ3n) is 6.06. The number of nitrogens with zero attached hydrogens (tertiary/aromatic N) is 1. The second kappa shape index (κ2) is 8.30. The molecule has 2 N–H and O–H groups in total. The average Bonchev–Trinajstić information content (AvgIpc) is 3.30. The predicted molar refractivity (Wildman–Crippen MR) is 114 cm³/mol. The Bertz CT molecular complexity index is 973. The average molecular weight is 405 g/mol. The summed E-state index contributed by atoms with van der Waals surface area (Å²) in [5, 5.41) is 5.60. The van der Waals surface area contributed by atoms with Crippen molar-refractivity contribution >= 4 is 17.8 Å². The molecule has 156 valence electrons. The third kappa shape index (κ3) is 3.95. The lowest BCUT2D eigenvalue weighted by Crippen LogP contribution is -2.43. The van der Waals surface area contributed by atoms with Gasteiger partial charge in [-0.15, -0.1) is 0 Å². The monoisotopic (exact) mass is 405 g/mol. The summed E-state index contributed by atoms with van der Waals surface area (Å²) >= 11 is 0. The van der Waals surface area contributed by atoms with Crippen LogP contribution in [0.25, 0.3) is 0 Å². The highest BCUT2D eigenvalue weighted by Gasteiger charge is 2.49. The van der Waals surface area contributed by atoms with Crippen molar-refractivity contribution in [3.05, 3.63) is 70.8 Å². The van der Waals surface area contributed by atoms with Crippen molar-refractivity contribution in [3.8, 4) is 0 Å². The third-order valence-corrected chi connectivity index (χ3v) is 6.06. The van der Waals surface area contributed by atoms with E-state index in [1.807, 2.05) is 36.4 Å². The minimum atomic E-state index is -1.14. The van der Waals surface area contributed by atoms with E-state index in [1.54, 1.807) is 6.92 Å². The van der Waals surface area contributed by atoms with Crippen molar-refractivity contribution in [1.82, 2.24) is 15.5 Å². The van der Waals surface area contributed by atoms with Gasteiger partial charge in [0.15, 0.2) is 0 Å². The zero-order chi connectivity index (χ0) is 21.1. The first-order valence-corrected chi connectivity index (χ1v) is 10.5. The van der Waals surface area contributed by atoms with Crippen LogP contribution in [-0.2, 0) is 34.4 Å². The van der Waals surface area contributed by atoms with Gasteiger partial charge < -0.3 is 10.6 Å². The number of benzene rings is 2. The second-order valence-corrected chi connectivity index (χ2v) is 8.22. The van der Waals surface area contributed by atoms with Crippen LogP contribution in [0.15, 0.2) is 48.5 Å². The summed E-state index contributed by atoms with van der Waals surface area (Å²) in [4.78, 5) is 38.9. The second-order valence-electron chi connectivity index (χ2n) is 8.22. The number of amides is 4. The van der Waals surface area contributed by atoms with Crippen molar-refractivity contribution in [1.29, 1.82) is 0 Å². The zero-order valence-corrected chi connectivity index (χ0v) is 17.2. The molecule has 4 amide bonds. The molecule has 4 rings (SSSR count). The number of carbonyl (C=O) groups is 3. The van der Waals surface area contributed by atoms with Crippen LogP contribution in [0.2, 0.25) is 0 Å². The molecule has 6 heteroatoms. The predicted octanol–water partition coefficient (Wildman–Crippen LogP) is 2.69. The van der Waals surface area contributed by atoms with Crippen molar-refractivity contribution < 1.29 is 14.4 Å². The van der Waals surface area contributed by atoms with E-state index in [2.05, 4.69) is 22.8 Å². The Morgan fingerprint density at radius 2 is 1.87 bits per heavy atom. The first kappa shape index (κ1) is 20.1. The van der Waals surface area contributed by atoms with Gasteiger partial charge in [-0.3, -0.25) is 14.5 Å². The molecule has 1 fully saturated rings. The van der Waals surface area contributed by atoms with Crippen LogP contribution in [0.1, 0.15) is 42.0 Å². The van der Waals surface area contributed by atoms with Crippen LogP contribution < -0.4 is 10.6 Å². The van der Waals surface area contributed by atoms with Crippen molar-refractivity contribution in [2.45, 2.75) is 44.6 Å². The molecule has 2 aromatic carbocycles. The number of hydrogen-bond acceptors (Lipinski definition) is 3. The molecule has 0 aromatic heterocycles. The van der Waals surface area contributed by atoms with E-state index in [4.69, 9.17) is 0 Å². The molecular weight excluding hydrogens is 378 g/mol. The lowest BCUT2D eigenvalue weighted by Gasteiger charge is -2.23. The maximum Gasteiger partial charge on any atom is 0.325 e. The van der Waals surface area contributed by atoms with Crippen LogP contribution in [-0.4, -0.2) is 35.8 Å². The lowest BCUT2D eigenvalue weighted by molar-refractivity contribution is -0.134. The Morgan fingerprint density at radius 3 is 2.67 bits per heavy atom. The number of hydrogen-bond donors (Lipinski definition) is 2. The van der Waals surface area contributed by atoms with Crippen molar-refractivity contribution in [2.24, 2.45) is 0 Å². The fourth-order valence-corrected chi connectivity index (χ4v) is 4.28. The van der Waals surface area contributed by atoms with E-state index in [1.165, 1.54) is 16.7 Å². The maximum atomic E-state index is 13.1. The van der Waals surface area contributed by atoms with E-state index in [0.29, 0.717) is 6.54 Å². The number of rotatable bonds is 7. The number of fused-ring (bicyclic) bond motifs is 1. The van der Waals surface area contributed by atoms with Gasteiger partial charge in [0.2, 0.25) is 5.91 Å². The van der Waals surface area contributed by atoms with Crippen LogP contribution in [0.3, 0.4) is 0 Å². The summed E-state index contributed by atoms with van der Waals surface area (Å²) in [5.41, 5.74) is 3.40. The highest BCUT2D eigenvalue weighted by molar-refractivity contribution is 6.09. The Labute approximate surface area is 176 Å². The van der Waals surface area contributed by atoms with Gasteiger partial charge in [0.25, 0.3) is 5.91 Å². The number of carbonyl (C=O) groups excluding carboxylic acids is 3. The molecule has 2 aliphatic rings. The molecule has 2 aromatic rings. The molecule has 1 heterocycles. The molecule has 0 radical (unpaired) electrons. The molecule has 1 saturated heterocycles. The lowest BCUT2D eigenvalue weighted by atomic mass is 9.89. The van der Waals surface area contributed by atoms with E-state index >= 15 is 0 Å². The molecular formula is C24H27N3O3. The fourth-order valence-electron chi connectivity index (χ4n) is 4.28. The Balaban J connectivity index is 1.34. The SMILES string of the molecule is CC1(c2ccc3c(c2)CCC3)NC(=O)N(CC(=O)NCCCc2ccccc2)C1=O. The molecule has 0 saturated carbocycles. The number of imide groups is 1. The van der Waals surface area contributed by atoms with Crippen LogP contribution in [0.5, 0.6) is 0 Å². The van der Waals surface area contributed by atoms with Gasteiger partial charge in [-0.2, -0.15) is 0 Å². The van der Waals surface area contributed by atoms with Crippen LogP contribution >= 0.6 is 0 Å². The Hall–Kier alpha value is -3.15. The van der Waals surface area contributed by atoms with Crippen LogP contribution in [0.4, 0.5) is 4.79 Å². The molecule has 6 nitrogen and oxygen atoms in total. The molecule has 1 aliphatic heterocycles. The number of nitrogens with one attached hydrogen (secondary N) is 2. The highest BCUT2D eigenvalue weighted by Crippen LogP contribution is 2.32. The Morgan fingerprint density at radius 1 is 1.10 bits per heavy atom. The van der Waals surface area contributed by atoms with Crippen LogP contribution in [0, 0.1) is 0 Å². The van der Waals surface area contributed by atoms with E-state index in [9.17, 15) is 14.4 Å². The summed E-state index contributed by atoms with van der Waals surface area (Å²) < 4.78 is 0. The molecule has 0 spiro atoms. The molecule has 1 aliphatic carbocycles. The first-order chi connectivity index (χ1) is 14.5. The topological polar surface area (TPSA) is 78.5 Å². The Kier molecular flexibility index (Phi) is 5.57. The summed E-state index contributed by atoms with van der Waals surface area (Å²) in [7, 11) is 0. The normalized spacial score (nSPS) is 20.2. The first-order valence-electron chi connectivity index (χ1n) is 10.5. The summed E-state index contributed by atoms with van der Waals surface area (Å²) in [5.74, 6) is -0.713. The van der Waals surface area contributed by atoms with E-state index < -0.39 is 11.6 Å². The van der Waals surface area contributed by atoms with Gasteiger partial charge in [0, 0.05) is 6.54 Å². The molecule has 0 bridgehead atoms. The fraction of sp³-hybridized carbons (Fsp3) is 0.375. The molecule has 30 heavy (non-hydrogen) atoms. The van der Waals surface area contributed by atoms with Gasteiger partial charge >= 0.3 is 6.03 Å². The van der Waals surface area contributed by atoms with Gasteiger partial charge in [0.05, 0.1) is 0 Å². The summed E-state index contributed by atoms with van der Waals surface area (Å²) in [6.45, 7) is 1.94. The standard InChI is InChI=1S/C24H27N3O3/c1-24(20-13-12-18-10-5-11-19(18)15-20)22(29)27(23(30)26-24)16-21(28)25-14-6-9-17-7-3-2-4-8-17/h2-4,7-8,12-13,15H,5-6,9-11,14,16H2,1H3,(H,25,28)(H,26,30). The summed E-state index contributed by atoms with van der Waals surface area (Å²) in [6.07, 6.45) is 4.83. The number of urea groups is 1.